The van der Waals surface area contributed by atoms with Gasteiger partial charge < -0.3 is 20.1 Å². The molecule has 0 spiro atoms. The first-order valence-electron chi connectivity index (χ1n) is 13.0. The number of carbonyl (C=O) groups excluding carboxylic acids is 4. The normalized spacial score (nSPS) is 28.8. The van der Waals surface area contributed by atoms with Gasteiger partial charge in [-0.15, -0.1) is 0 Å². The molecule has 218 valence electrons. The van der Waals surface area contributed by atoms with Gasteiger partial charge in [0.25, 0.3) is 0 Å². The Labute approximate surface area is 250 Å². The predicted octanol–water partition coefficient (Wildman–Crippen LogP) is 2.51. The van der Waals surface area contributed by atoms with Crippen LogP contribution in [0.1, 0.15) is 37.2 Å². The average molecular weight is 698 g/mol. The monoisotopic (exact) mass is 696 g/mol. The highest BCUT2D eigenvalue weighted by Gasteiger charge is 2.62. The number of phenols is 1. The number of hydrogen-bond donors (Lipinski definition) is 3. The van der Waals surface area contributed by atoms with Gasteiger partial charge in [0.15, 0.2) is 11.5 Å². The quantitative estimate of drug-likeness (QED) is 0.270. The Balaban J connectivity index is 1.63. The van der Waals surface area contributed by atoms with Gasteiger partial charge in [-0.1, -0.05) is 11.6 Å². The Morgan fingerprint density at radius 1 is 0.878 bits per heavy atom. The van der Waals surface area contributed by atoms with Gasteiger partial charge in [-0.05, 0) is 62.2 Å². The van der Waals surface area contributed by atoms with Crippen molar-refractivity contribution in [1.29, 1.82) is 0 Å². The molecule has 3 fully saturated rings. The fourth-order valence-electron chi connectivity index (χ4n) is 6.92. The maximum absolute atomic E-state index is 13.8. The highest BCUT2D eigenvalue weighted by molar-refractivity contribution is 9.13. The first kappa shape index (κ1) is 29.2. The fourth-order valence-corrected chi connectivity index (χ4v) is 7.89. The molecule has 0 radical (unpaired) electrons. The SMILES string of the molecule is COc1cc(C2C3=CCC4C(=O)N(CCC(=O)O)C(=O)C4C3CC3C(=O)N(CCC(=O)O)C(=O)C32)c(Br)c(Br)c1O. The van der Waals surface area contributed by atoms with Gasteiger partial charge in [0.2, 0.25) is 23.6 Å². The summed E-state index contributed by atoms with van der Waals surface area (Å²) in [5, 5.41) is 28.9. The first-order chi connectivity index (χ1) is 19.4. The number of carbonyl (C=O) groups is 6. The molecule has 2 heterocycles. The van der Waals surface area contributed by atoms with E-state index in [9.17, 15) is 39.0 Å². The second kappa shape index (κ2) is 10.9. The molecule has 3 N–H and O–H groups in total. The van der Waals surface area contributed by atoms with Crippen LogP contribution in [-0.2, 0) is 28.8 Å². The second-order valence-corrected chi connectivity index (χ2v) is 12.2. The Morgan fingerprint density at radius 3 is 2.00 bits per heavy atom. The minimum Gasteiger partial charge on any atom is -0.503 e. The molecule has 4 amide bonds. The van der Waals surface area contributed by atoms with Crippen LogP contribution in [0.25, 0.3) is 0 Å². The first-order valence-corrected chi connectivity index (χ1v) is 14.6. The summed E-state index contributed by atoms with van der Waals surface area (Å²) in [6.07, 6.45) is 1.30. The molecule has 1 aromatic rings. The molecule has 5 rings (SSSR count). The van der Waals surface area contributed by atoms with E-state index in [1.54, 1.807) is 6.07 Å². The van der Waals surface area contributed by atoms with Crippen molar-refractivity contribution in [3.05, 3.63) is 32.2 Å². The zero-order valence-electron chi connectivity index (χ0n) is 21.7. The number of rotatable bonds is 8. The van der Waals surface area contributed by atoms with Crippen molar-refractivity contribution in [2.45, 2.75) is 31.6 Å². The predicted molar refractivity (Wildman–Crippen MR) is 146 cm³/mol. The van der Waals surface area contributed by atoms with E-state index >= 15 is 0 Å². The molecule has 1 aromatic carbocycles. The number of phenolic OH excluding ortho intramolecular Hbond substituents is 1. The van der Waals surface area contributed by atoms with Crippen molar-refractivity contribution in [3.8, 4) is 11.5 Å². The number of likely N-dealkylation sites (tertiary alicyclic amines) is 2. The van der Waals surface area contributed by atoms with E-state index < -0.39 is 83.9 Å². The zero-order chi connectivity index (χ0) is 29.9. The van der Waals surface area contributed by atoms with Gasteiger partial charge in [-0.2, -0.15) is 0 Å². The third kappa shape index (κ3) is 4.64. The van der Waals surface area contributed by atoms with Crippen LogP contribution >= 0.6 is 31.9 Å². The number of amides is 4. The lowest BCUT2D eigenvalue weighted by Gasteiger charge is -2.44. The van der Waals surface area contributed by atoms with Crippen molar-refractivity contribution in [2.24, 2.45) is 29.6 Å². The van der Waals surface area contributed by atoms with Gasteiger partial charge in [-0.25, -0.2) is 0 Å². The van der Waals surface area contributed by atoms with Crippen LogP contribution in [0.15, 0.2) is 26.7 Å². The third-order valence-corrected chi connectivity index (χ3v) is 10.8. The van der Waals surface area contributed by atoms with Gasteiger partial charge in [0.05, 0.1) is 48.1 Å². The third-order valence-electron chi connectivity index (χ3n) is 8.66. The highest BCUT2D eigenvalue weighted by atomic mass is 79.9. The largest absolute Gasteiger partial charge is 0.503 e. The van der Waals surface area contributed by atoms with Crippen LogP contribution in [0.3, 0.4) is 0 Å². The Bertz CT molecular complexity index is 1420. The molecule has 6 atom stereocenters. The maximum atomic E-state index is 13.8. The summed E-state index contributed by atoms with van der Waals surface area (Å²) in [5.74, 6) is -9.13. The number of nitrogens with zero attached hydrogens (tertiary/aromatic N) is 2. The molecule has 1 saturated carbocycles. The van der Waals surface area contributed by atoms with Crippen LogP contribution in [0.4, 0.5) is 0 Å². The summed E-state index contributed by atoms with van der Waals surface area (Å²) < 4.78 is 6.02. The van der Waals surface area contributed by atoms with Crippen LogP contribution in [0.2, 0.25) is 0 Å². The average Bonchev–Trinajstić information content (AvgIpc) is 3.32. The minimum absolute atomic E-state index is 0.0993. The molecular weight excluding hydrogens is 672 g/mol. The standard InChI is InChI=1S/C27H26Br2N2O10/c1-41-15-9-13(21(28)22(29)23(15)36)18-10-2-3-11-19(26(39)30(24(11)37)6-4-16(32)33)12(10)8-14-20(18)27(40)31(25(14)38)7-5-17(34)35/h2,9,11-12,14,18-20,36H,3-8H2,1H3,(H,32,33)(H,34,35). The topological polar surface area (TPSA) is 179 Å². The van der Waals surface area contributed by atoms with Crippen molar-refractivity contribution in [2.75, 3.05) is 20.2 Å². The van der Waals surface area contributed by atoms with Crippen LogP contribution in [-0.4, -0.2) is 80.9 Å². The molecule has 0 bridgehead atoms. The van der Waals surface area contributed by atoms with E-state index in [2.05, 4.69) is 31.9 Å². The summed E-state index contributed by atoms with van der Waals surface area (Å²) >= 11 is 6.85. The molecule has 14 heteroatoms. The minimum atomic E-state index is -1.16. The number of fused-ring (bicyclic) bond motifs is 4. The number of ether oxygens (including phenoxy) is 1. The van der Waals surface area contributed by atoms with E-state index in [1.807, 2.05) is 6.08 Å². The Hall–Kier alpha value is -3.26. The lowest BCUT2D eigenvalue weighted by Crippen LogP contribution is -2.43. The van der Waals surface area contributed by atoms with Crippen LogP contribution < -0.4 is 4.74 Å². The summed E-state index contributed by atoms with van der Waals surface area (Å²) in [5.41, 5.74) is 1.20. The van der Waals surface area contributed by atoms with Gasteiger partial charge in [0.1, 0.15) is 0 Å². The van der Waals surface area contributed by atoms with Crippen molar-refractivity contribution in [3.63, 3.8) is 0 Å². The second-order valence-electron chi connectivity index (χ2n) is 10.6. The highest BCUT2D eigenvalue weighted by Crippen LogP contribution is 2.60. The summed E-state index contributed by atoms with van der Waals surface area (Å²) in [6, 6.07) is 1.56. The number of hydrogen-bond acceptors (Lipinski definition) is 8. The number of carboxylic acid groups (broad SMARTS) is 2. The summed E-state index contributed by atoms with van der Waals surface area (Å²) in [4.78, 5) is 78.5. The number of methoxy groups -OCH3 is 1. The van der Waals surface area contributed by atoms with Crippen molar-refractivity contribution >= 4 is 67.4 Å². The lowest BCUT2D eigenvalue weighted by molar-refractivity contribution is -0.145. The lowest BCUT2D eigenvalue weighted by atomic mass is 9.57. The van der Waals surface area contributed by atoms with Crippen LogP contribution in [0.5, 0.6) is 11.5 Å². The van der Waals surface area contributed by atoms with Gasteiger partial charge in [-0.3, -0.25) is 38.6 Å². The van der Waals surface area contributed by atoms with Gasteiger partial charge in [0, 0.05) is 23.5 Å². The van der Waals surface area contributed by atoms with E-state index in [0.29, 0.717) is 15.6 Å². The number of benzene rings is 1. The van der Waals surface area contributed by atoms with E-state index in [0.717, 1.165) is 9.80 Å². The fraction of sp³-hybridized carbons (Fsp3) is 0.481. The number of carboxylic acids is 2. The molecule has 4 aliphatic rings. The number of halogens is 2. The number of imide groups is 2. The van der Waals surface area contributed by atoms with E-state index in [1.165, 1.54) is 7.11 Å². The molecule has 41 heavy (non-hydrogen) atoms. The van der Waals surface area contributed by atoms with Crippen molar-refractivity contribution < 1.29 is 48.8 Å². The van der Waals surface area contributed by atoms with Crippen molar-refractivity contribution in [1.82, 2.24) is 9.80 Å². The Kier molecular flexibility index (Phi) is 7.74. The smallest absolute Gasteiger partial charge is 0.305 e. The summed E-state index contributed by atoms with van der Waals surface area (Å²) in [7, 11) is 1.36. The molecule has 0 aromatic heterocycles. The zero-order valence-corrected chi connectivity index (χ0v) is 24.9. The number of aromatic hydroxyl groups is 1. The molecule has 2 saturated heterocycles. The molecule has 2 aliphatic carbocycles. The Morgan fingerprint density at radius 2 is 1.44 bits per heavy atom. The molecule has 12 nitrogen and oxygen atoms in total. The molecular formula is C27H26Br2N2O10. The number of aliphatic carboxylic acids is 2. The molecule has 6 unspecified atom stereocenters. The van der Waals surface area contributed by atoms with E-state index in [-0.39, 0.29) is 41.9 Å². The number of allylic oxidation sites excluding steroid dienone is 2. The van der Waals surface area contributed by atoms with E-state index in [4.69, 9.17) is 9.84 Å². The maximum Gasteiger partial charge on any atom is 0.305 e. The van der Waals surface area contributed by atoms with Crippen LogP contribution in [0, 0.1) is 29.6 Å². The summed E-state index contributed by atoms with van der Waals surface area (Å²) in [6.45, 7) is -0.557. The molecule has 2 aliphatic heterocycles. The van der Waals surface area contributed by atoms with Gasteiger partial charge >= 0.3 is 11.9 Å².